The van der Waals surface area contributed by atoms with Crippen LogP contribution in [-0.2, 0) is 15.1 Å². The highest BCUT2D eigenvalue weighted by atomic mass is 35.5. The van der Waals surface area contributed by atoms with Crippen molar-refractivity contribution in [2.24, 2.45) is 0 Å². The molecule has 1 aliphatic heterocycles. The summed E-state index contributed by atoms with van der Waals surface area (Å²) in [4.78, 5) is 12.1. The van der Waals surface area contributed by atoms with E-state index < -0.39 is 5.54 Å². The maximum atomic E-state index is 12.1. The molecule has 4 heteroatoms. The van der Waals surface area contributed by atoms with Crippen LogP contribution in [0.15, 0.2) is 24.3 Å². The zero-order valence-electron chi connectivity index (χ0n) is 9.83. The van der Waals surface area contributed by atoms with E-state index in [-0.39, 0.29) is 5.97 Å². The lowest BCUT2D eigenvalue weighted by molar-refractivity contribution is -0.150. The number of benzene rings is 1. The molecule has 0 saturated carbocycles. The summed E-state index contributed by atoms with van der Waals surface area (Å²) in [5.41, 5.74) is 0.161. The summed E-state index contributed by atoms with van der Waals surface area (Å²) < 4.78 is 4.94. The first kappa shape index (κ1) is 12.4. The Balaban J connectivity index is 2.42. The second kappa shape index (κ2) is 5.07. The number of carbonyl (C=O) groups excluding carboxylic acids is 1. The summed E-state index contributed by atoms with van der Waals surface area (Å²) in [6.45, 7) is 0.821. The zero-order valence-corrected chi connectivity index (χ0v) is 10.6. The summed E-state index contributed by atoms with van der Waals surface area (Å²) in [5.74, 6) is -0.237. The van der Waals surface area contributed by atoms with Crippen LogP contribution >= 0.6 is 11.6 Å². The minimum Gasteiger partial charge on any atom is -0.467 e. The molecular weight excluding hydrogens is 238 g/mol. The maximum absolute atomic E-state index is 12.1. The number of esters is 1. The standard InChI is InChI=1S/C13H16ClNO2/c1-17-12(16)13(7-2-3-8-15-13)10-5-4-6-11(14)9-10/h4-6,9,15H,2-3,7-8H2,1H3. The number of hydrogen-bond acceptors (Lipinski definition) is 3. The molecule has 1 aromatic rings. The number of methoxy groups -OCH3 is 1. The molecule has 2 rings (SSSR count). The molecule has 1 saturated heterocycles. The Morgan fingerprint density at radius 2 is 2.29 bits per heavy atom. The van der Waals surface area contributed by atoms with Gasteiger partial charge in [0, 0.05) is 5.02 Å². The van der Waals surface area contributed by atoms with Crippen LogP contribution in [-0.4, -0.2) is 19.6 Å². The van der Waals surface area contributed by atoms with E-state index in [1.54, 1.807) is 6.07 Å². The average Bonchev–Trinajstić information content (AvgIpc) is 2.38. The van der Waals surface area contributed by atoms with Gasteiger partial charge in [0.15, 0.2) is 0 Å². The van der Waals surface area contributed by atoms with E-state index >= 15 is 0 Å². The summed E-state index contributed by atoms with van der Waals surface area (Å²) in [6.07, 6.45) is 2.84. The molecule has 0 spiro atoms. The lowest BCUT2D eigenvalue weighted by Gasteiger charge is -2.36. The van der Waals surface area contributed by atoms with Crippen molar-refractivity contribution in [2.75, 3.05) is 13.7 Å². The number of halogens is 1. The smallest absolute Gasteiger partial charge is 0.330 e. The zero-order chi connectivity index (χ0) is 12.3. The van der Waals surface area contributed by atoms with E-state index in [1.165, 1.54) is 7.11 Å². The van der Waals surface area contributed by atoms with Crippen molar-refractivity contribution >= 4 is 17.6 Å². The first-order valence-electron chi connectivity index (χ1n) is 5.78. The van der Waals surface area contributed by atoms with Crippen LogP contribution in [0.1, 0.15) is 24.8 Å². The third-order valence-corrected chi connectivity index (χ3v) is 3.49. The van der Waals surface area contributed by atoms with E-state index in [1.807, 2.05) is 18.2 Å². The fourth-order valence-electron chi connectivity index (χ4n) is 2.37. The molecule has 1 unspecified atom stereocenters. The van der Waals surface area contributed by atoms with Crippen molar-refractivity contribution in [1.82, 2.24) is 5.32 Å². The predicted octanol–water partition coefficient (Wildman–Crippen LogP) is 2.48. The first-order valence-corrected chi connectivity index (χ1v) is 6.16. The predicted molar refractivity (Wildman–Crippen MR) is 67.0 cm³/mol. The summed E-state index contributed by atoms with van der Waals surface area (Å²) in [5, 5.41) is 3.93. The van der Waals surface area contributed by atoms with Gasteiger partial charge >= 0.3 is 5.97 Å². The van der Waals surface area contributed by atoms with Gasteiger partial charge in [0.05, 0.1) is 7.11 Å². The van der Waals surface area contributed by atoms with Crippen LogP contribution < -0.4 is 5.32 Å². The van der Waals surface area contributed by atoms with Gasteiger partial charge in [-0.1, -0.05) is 23.7 Å². The topological polar surface area (TPSA) is 38.3 Å². The minimum absolute atomic E-state index is 0.237. The van der Waals surface area contributed by atoms with Gasteiger partial charge in [0.25, 0.3) is 0 Å². The van der Waals surface area contributed by atoms with Crippen molar-refractivity contribution < 1.29 is 9.53 Å². The normalized spacial score (nSPS) is 24.4. The van der Waals surface area contributed by atoms with Crippen molar-refractivity contribution in [2.45, 2.75) is 24.8 Å². The largest absolute Gasteiger partial charge is 0.467 e. The second-order valence-electron chi connectivity index (χ2n) is 4.29. The summed E-state index contributed by atoms with van der Waals surface area (Å²) in [7, 11) is 1.42. The van der Waals surface area contributed by atoms with E-state index in [2.05, 4.69) is 5.32 Å². The van der Waals surface area contributed by atoms with Gasteiger partial charge in [-0.25, -0.2) is 4.79 Å². The summed E-state index contributed by atoms with van der Waals surface area (Å²) in [6, 6.07) is 7.41. The van der Waals surface area contributed by atoms with Crippen LogP contribution in [0.25, 0.3) is 0 Å². The fraction of sp³-hybridized carbons (Fsp3) is 0.462. The molecule has 0 radical (unpaired) electrons. The second-order valence-corrected chi connectivity index (χ2v) is 4.73. The van der Waals surface area contributed by atoms with E-state index in [9.17, 15) is 4.79 Å². The molecule has 0 bridgehead atoms. The molecule has 17 heavy (non-hydrogen) atoms. The van der Waals surface area contributed by atoms with Crippen LogP contribution in [0.4, 0.5) is 0 Å². The minimum atomic E-state index is -0.724. The highest BCUT2D eigenvalue weighted by molar-refractivity contribution is 6.30. The van der Waals surface area contributed by atoms with Crippen LogP contribution in [0.2, 0.25) is 5.02 Å². The monoisotopic (exact) mass is 253 g/mol. The van der Waals surface area contributed by atoms with Gasteiger partial charge in [0.2, 0.25) is 0 Å². The fourth-order valence-corrected chi connectivity index (χ4v) is 2.56. The third-order valence-electron chi connectivity index (χ3n) is 3.26. The van der Waals surface area contributed by atoms with Gasteiger partial charge in [-0.3, -0.25) is 5.32 Å². The molecule has 0 aromatic heterocycles. The molecule has 1 aromatic carbocycles. The number of carbonyl (C=O) groups is 1. The highest BCUT2D eigenvalue weighted by Crippen LogP contribution is 2.32. The Morgan fingerprint density at radius 3 is 2.88 bits per heavy atom. The van der Waals surface area contributed by atoms with Crippen LogP contribution in [0, 0.1) is 0 Å². The molecule has 1 N–H and O–H groups in total. The van der Waals surface area contributed by atoms with Gasteiger partial charge in [0.1, 0.15) is 5.54 Å². The molecule has 1 aliphatic rings. The highest BCUT2D eigenvalue weighted by Gasteiger charge is 2.42. The van der Waals surface area contributed by atoms with Crippen molar-refractivity contribution in [3.05, 3.63) is 34.9 Å². The van der Waals surface area contributed by atoms with Gasteiger partial charge in [-0.05, 0) is 43.5 Å². The Morgan fingerprint density at radius 1 is 1.47 bits per heavy atom. The SMILES string of the molecule is COC(=O)C1(c2cccc(Cl)c2)CCCCN1. The molecule has 1 fully saturated rings. The van der Waals surface area contributed by atoms with Crippen molar-refractivity contribution in [3.8, 4) is 0 Å². The van der Waals surface area contributed by atoms with E-state index in [0.29, 0.717) is 5.02 Å². The van der Waals surface area contributed by atoms with Crippen molar-refractivity contribution in [3.63, 3.8) is 0 Å². The molecule has 1 heterocycles. The lowest BCUT2D eigenvalue weighted by atomic mass is 9.82. The average molecular weight is 254 g/mol. The Labute approximate surface area is 106 Å². The number of nitrogens with one attached hydrogen (secondary N) is 1. The number of hydrogen-bond donors (Lipinski definition) is 1. The van der Waals surface area contributed by atoms with E-state index in [0.717, 1.165) is 31.4 Å². The number of piperidine rings is 1. The van der Waals surface area contributed by atoms with Gasteiger partial charge < -0.3 is 4.74 Å². The molecule has 1 atom stereocenters. The van der Waals surface area contributed by atoms with Crippen LogP contribution in [0.3, 0.4) is 0 Å². The van der Waals surface area contributed by atoms with Gasteiger partial charge in [-0.2, -0.15) is 0 Å². The van der Waals surface area contributed by atoms with Crippen molar-refractivity contribution in [1.29, 1.82) is 0 Å². The van der Waals surface area contributed by atoms with Gasteiger partial charge in [-0.15, -0.1) is 0 Å². The molecule has 0 aliphatic carbocycles. The van der Waals surface area contributed by atoms with Crippen LogP contribution in [0.5, 0.6) is 0 Å². The molecule has 92 valence electrons. The quantitative estimate of drug-likeness (QED) is 0.823. The maximum Gasteiger partial charge on any atom is 0.330 e. The Kier molecular flexibility index (Phi) is 3.69. The lowest BCUT2D eigenvalue weighted by Crippen LogP contribution is -2.52. The van der Waals surface area contributed by atoms with E-state index in [4.69, 9.17) is 16.3 Å². The molecule has 0 amide bonds. The third kappa shape index (κ3) is 2.31. The summed E-state index contributed by atoms with van der Waals surface area (Å²) >= 11 is 5.99. The number of ether oxygens (including phenoxy) is 1. The first-order chi connectivity index (χ1) is 8.19. The molecular formula is C13H16ClNO2. The molecule has 3 nitrogen and oxygen atoms in total. The Bertz CT molecular complexity index is 414. The number of rotatable bonds is 2. The Hall–Kier alpha value is -1.06.